The number of benzene rings is 1. The summed E-state index contributed by atoms with van der Waals surface area (Å²) in [6.45, 7) is -4.67. The molecule has 0 saturated heterocycles. The Morgan fingerprint density at radius 1 is 1.05 bits per heavy atom. The lowest BCUT2D eigenvalue weighted by Gasteiger charge is -2.03. The van der Waals surface area contributed by atoms with E-state index in [9.17, 15) is 0 Å². The van der Waals surface area contributed by atoms with Crippen LogP contribution >= 0.6 is 0 Å². The van der Waals surface area contributed by atoms with Crippen LogP contribution < -0.4 is 0 Å². The smallest absolute Gasteiger partial charge is 0.154 e. The molecule has 0 atom stereocenters. The molecule has 0 aliphatic heterocycles. The minimum Gasteiger partial charge on any atom is -0.454 e. The Hall–Kier alpha value is -2.68. The fourth-order valence-corrected chi connectivity index (χ4v) is 2.38. The van der Waals surface area contributed by atoms with Gasteiger partial charge in [-0.15, -0.1) is 0 Å². The highest BCUT2D eigenvalue weighted by Crippen LogP contribution is 2.31. The maximum absolute atomic E-state index is 7.84. The number of rotatable bonds is 1. The van der Waals surface area contributed by atoms with Crippen LogP contribution in [0.3, 0.4) is 0 Å². The first-order chi connectivity index (χ1) is 12.6. The monoisotopic (exact) mass is 280 g/mol. The van der Waals surface area contributed by atoms with Crippen LogP contribution in [0.1, 0.15) is 19.4 Å². The van der Waals surface area contributed by atoms with Gasteiger partial charge in [-0.05, 0) is 55.2 Å². The molecule has 1 aromatic carbocycles. The minimum atomic E-state index is -2.41. The summed E-state index contributed by atoms with van der Waals surface area (Å²) >= 11 is 0. The molecule has 102 valence electrons. The van der Waals surface area contributed by atoms with Crippen molar-refractivity contribution in [2.75, 3.05) is 0 Å². The summed E-state index contributed by atoms with van der Waals surface area (Å²) in [5.74, 6) is 0. The van der Waals surface area contributed by atoms with Crippen molar-refractivity contribution in [3.63, 3.8) is 0 Å². The summed E-state index contributed by atoms with van der Waals surface area (Å²) in [7, 11) is 0. The zero-order chi connectivity index (χ0) is 19.4. The molecule has 3 aromatic heterocycles. The Morgan fingerprint density at radius 2 is 2.05 bits per heavy atom. The molecule has 0 saturated carbocycles. The van der Waals surface area contributed by atoms with E-state index in [1.165, 1.54) is 18.2 Å². The molecule has 0 amide bonds. The maximum Gasteiger partial charge on any atom is 0.154 e. The third kappa shape index (κ3) is 1.89. The van der Waals surface area contributed by atoms with E-state index in [1.807, 2.05) is 0 Å². The second-order valence-corrected chi connectivity index (χ2v) is 4.76. The van der Waals surface area contributed by atoms with Crippen LogP contribution in [-0.2, 0) is 0 Å². The molecule has 0 unspecified atom stereocenters. The van der Waals surface area contributed by atoms with Crippen molar-refractivity contribution >= 4 is 22.1 Å². The lowest BCUT2D eigenvalue weighted by Crippen LogP contribution is -1.90. The standard InChI is InChI=1S/C18H14N2O/c1-11-6-7-13-15(9-11)21-16-10-12(2)17(20-18(13)16)14-5-3-4-8-19-14/h3-10H,1-2H3/i1D3,2D3. The van der Waals surface area contributed by atoms with Crippen molar-refractivity contribution in [2.45, 2.75) is 13.7 Å². The van der Waals surface area contributed by atoms with Crippen molar-refractivity contribution in [1.82, 2.24) is 9.97 Å². The van der Waals surface area contributed by atoms with E-state index in [1.54, 1.807) is 30.5 Å². The molecule has 0 radical (unpaired) electrons. The third-order valence-electron chi connectivity index (χ3n) is 3.35. The Bertz CT molecular complexity index is 1150. The van der Waals surface area contributed by atoms with E-state index in [4.69, 9.17) is 12.6 Å². The van der Waals surface area contributed by atoms with Gasteiger partial charge in [-0.25, -0.2) is 4.98 Å². The molecule has 21 heavy (non-hydrogen) atoms. The number of pyridine rings is 2. The zero-order valence-electron chi connectivity index (χ0n) is 16.9. The van der Waals surface area contributed by atoms with Crippen LogP contribution in [0.5, 0.6) is 0 Å². The van der Waals surface area contributed by atoms with E-state index < -0.39 is 13.7 Å². The predicted molar refractivity (Wildman–Crippen MR) is 84.2 cm³/mol. The van der Waals surface area contributed by atoms with Crippen molar-refractivity contribution in [3.05, 3.63) is 59.8 Å². The van der Waals surface area contributed by atoms with Gasteiger partial charge in [-0.1, -0.05) is 12.1 Å². The second-order valence-electron chi connectivity index (χ2n) is 4.76. The first kappa shape index (κ1) is 7.36. The maximum atomic E-state index is 7.84. The number of aryl methyl sites for hydroxylation is 2. The number of aromatic nitrogens is 2. The Balaban J connectivity index is 2.04. The van der Waals surface area contributed by atoms with Crippen molar-refractivity contribution in [2.24, 2.45) is 0 Å². The molecule has 0 N–H and O–H groups in total. The molecule has 0 aliphatic rings. The number of nitrogens with zero attached hydrogens (tertiary/aromatic N) is 2. The molecule has 0 fully saturated rings. The quantitative estimate of drug-likeness (QED) is 0.509. The lowest BCUT2D eigenvalue weighted by molar-refractivity contribution is 0.667. The van der Waals surface area contributed by atoms with E-state index in [-0.39, 0.29) is 16.8 Å². The van der Waals surface area contributed by atoms with E-state index >= 15 is 0 Å². The molecule has 4 aromatic rings. The minimum absolute atomic E-state index is 0.0313. The molecule has 3 heterocycles. The van der Waals surface area contributed by atoms with E-state index in [0.29, 0.717) is 27.8 Å². The van der Waals surface area contributed by atoms with Gasteiger partial charge in [0.15, 0.2) is 5.58 Å². The fraction of sp³-hybridized carbons (Fsp3) is 0.111. The summed E-state index contributed by atoms with van der Waals surface area (Å²) < 4.78 is 51.9. The highest BCUT2D eigenvalue weighted by molar-refractivity contribution is 6.03. The first-order valence-corrected chi connectivity index (χ1v) is 6.44. The van der Waals surface area contributed by atoms with Crippen molar-refractivity contribution in [1.29, 1.82) is 0 Å². The molecule has 4 rings (SSSR count). The average molecular weight is 280 g/mol. The third-order valence-corrected chi connectivity index (χ3v) is 3.35. The van der Waals surface area contributed by atoms with Crippen LogP contribution in [0.15, 0.2) is 53.1 Å². The van der Waals surface area contributed by atoms with Gasteiger partial charge in [0.2, 0.25) is 0 Å². The summed E-state index contributed by atoms with van der Waals surface area (Å²) in [6.07, 6.45) is 1.57. The highest BCUT2D eigenvalue weighted by atomic mass is 16.3. The van der Waals surface area contributed by atoms with Gasteiger partial charge in [0.1, 0.15) is 11.1 Å². The Labute approximate surface area is 130 Å². The average Bonchev–Trinajstić information content (AvgIpc) is 2.97. The predicted octanol–water partition coefficient (Wildman–Crippen LogP) is 4.66. The van der Waals surface area contributed by atoms with Crippen LogP contribution in [-0.4, -0.2) is 9.97 Å². The van der Waals surface area contributed by atoms with Crippen LogP contribution in [0.25, 0.3) is 33.5 Å². The van der Waals surface area contributed by atoms with Gasteiger partial charge in [-0.2, -0.15) is 0 Å². The fourth-order valence-electron chi connectivity index (χ4n) is 2.38. The summed E-state index contributed by atoms with van der Waals surface area (Å²) in [5.41, 5.74) is 1.98. The highest BCUT2D eigenvalue weighted by Gasteiger charge is 2.13. The van der Waals surface area contributed by atoms with E-state index in [0.717, 1.165) is 0 Å². The largest absolute Gasteiger partial charge is 0.454 e. The van der Waals surface area contributed by atoms with E-state index in [2.05, 4.69) is 9.97 Å². The van der Waals surface area contributed by atoms with Gasteiger partial charge in [0.05, 0.1) is 11.4 Å². The normalized spacial score (nSPS) is 16.8. The van der Waals surface area contributed by atoms with Gasteiger partial charge in [0.25, 0.3) is 0 Å². The van der Waals surface area contributed by atoms with Crippen LogP contribution in [0.4, 0.5) is 0 Å². The number of hydrogen-bond donors (Lipinski definition) is 0. The number of furan rings is 1. The first-order valence-electron chi connectivity index (χ1n) is 9.44. The van der Waals surface area contributed by atoms with Gasteiger partial charge < -0.3 is 4.42 Å². The zero-order valence-corrected chi connectivity index (χ0v) is 10.9. The SMILES string of the molecule is [2H]C([2H])([2H])c1ccc2c(c1)oc1cc(C([2H])([2H])[2H])c(-c3ccccn3)nc12. The molecule has 0 bridgehead atoms. The van der Waals surface area contributed by atoms with Gasteiger partial charge in [0, 0.05) is 19.8 Å². The van der Waals surface area contributed by atoms with Crippen LogP contribution in [0.2, 0.25) is 0 Å². The van der Waals surface area contributed by atoms with Gasteiger partial charge in [-0.3, -0.25) is 4.98 Å². The lowest BCUT2D eigenvalue weighted by atomic mass is 10.1. The molecule has 0 spiro atoms. The Morgan fingerprint density at radius 3 is 2.86 bits per heavy atom. The summed E-state index contributed by atoms with van der Waals surface area (Å²) in [4.78, 5) is 8.76. The molecule has 0 aliphatic carbocycles. The van der Waals surface area contributed by atoms with Crippen molar-refractivity contribution in [3.8, 4) is 11.4 Å². The molecule has 3 heteroatoms. The number of fused-ring (bicyclic) bond motifs is 3. The van der Waals surface area contributed by atoms with Crippen molar-refractivity contribution < 1.29 is 12.6 Å². The molecular formula is C18H14N2O. The van der Waals surface area contributed by atoms with Crippen LogP contribution in [0, 0.1) is 13.7 Å². The summed E-state index contributed by atoms with van der Waals surface area (Å²) in [5, 5.41) is 0.618. The summed E-state index contributed by atoms with van der Waals surface area (Å²) in [6, 6.07) is 11.2. The second kappa shape index (κ2) is 4.42. The molecule has 3 nitrogen and oxygen atoms in total. The van der Waals surface area contributed by atoms with Gasteiger partial charge >= 0.3 is 0 Å². The number of hydrogen-bond acceptors (Lipinski definition) is 3. The molecular weight excluding hydrogens is 260 g/mol. The Kier molecular flexibility index (Phi) is 1.55. The topological polar surface area (TPSA) is 38.9 Å².